The minimum Gasteiger partial charge on any atom is -0.286 e. The van der Waals surface area contributed by atoms with Gasteiger partial charge in [0, 0.05) is 22.4 Å². The molecule has 0 aliphatic heterocycles. The Labute approximate surface area is 187 Å². The van der Waals surface area contributed by atoms with E-state index in [1.807, 2.05) is 0 Å². The summed E-state index contributed by atoms with van der Waals surface area (Å²) in [6.07, 6.45) is 1.12. The van der Waals surface area contributed by atoms with Crippen LogP contribution < -0.4 is 0 Å². The van der Waals surface area contributed by atoms with E-state index < -0.39 is 15.7 Å². The van der Waals surface area contributed by atoms with Gasteiger partial charge in [-0.15, -0.1) is 11.3 Å². The van der Waals surface area contributed by atoms with E-state index >= 15 is 0 Å². The van der Waals surface area contributed by atoms with Crippen molar-refractivity contribution in [3.05, 3.63) is 94.2 Å². The van der Waals surface area contributed by atoms with Gasteiger partial charge in [-0.05, 0) is 48.0 Å². The Morgan fingerprint density at radius 2 is 1.61 bits per heavy atom. The summed E-state index contributed by atoms with van der Waals surface area (Å²) in [5.41, 5.74) is 1.78. The summed E-state index contributed by atoms with van der Waals surface area (Å²) < 4.78 is 38.2. The number of halogens is 2. The number of benzene rings is 3. The second-order valence-electron chi connectivity index (χ2n) is 6.81. The summed E-state index contributed by atoms with van der Waals surface area (Å²) in [5, 5.41) is 0.699. The summed E-state index contributed by atoms with van der Waals surface area (Å²) in [6, 6.07) is 18.7. The molecule has 0 saturated carbocycles. The maximum Gasteiger partial charge on any atom is 0.221 e. The van der Waals surface area contributed by atoms with E-state index in [1.165, 1.54) is 18.2 Å². The SMILES string of the molecule is CS(=O)(=O)c1ccccc1-c1nc(C(=O)c2ccc(Cl)cc2)sc1-c1ccc(F)cc1. The predicted octanol–water partition coefficient (Wildman–Crippen LogP) is 5.90. The molecule has 0 unspecified atom stereocenters. The lowest BCUT2D eigenvalue weighted by atomic mass is 10.1. The molecule has 4 rings (SSSR count). The Hall–Kier alpha value is -2.87. The highest BCUT2D eigenvalue weighted by Crippen LogP contribution is 2.40. The first-order valence-corrected chi connectivity index (χ1v) is 12.2. The number of ketones is 1. The van der Waals surface area contributed by atoms with Gasteiger partial charge in [-0.2, -0.15) is 0 Å². The molecule has 0 spiro atoms. The smallest absolute Gasteiger partial charge is 0.221 e. The molecule has 0 N–H and O–H groups in total. The van der Waals surface area contributed by atoms with Gasteiger partial charge < -0.3 is 0 Å². The van der Waals surface area contributed by atoms with Gasteiger partial charge in [-0.25, -0.2) is 17.8 Å². The third-order valence-corrected chi connectivity index (χ3v) is 7.09. The summed E-state index contributed by atoms with van der Waals surface area (Å²) in [7, 11) is -3.55. The highest BCUT2D eigenvalue weighted by Gasteiger charge is 2.24. The highest BCUT2D eigenvalue weighted by atomic mass is 35.5. The molecule has 156 valence electrons. The number of nitrogens with zero attached hydrogens (tertiary/aromatic N) is 1. The minimum absolute atomic E-state index is 0.106. The van der Waals surface area contributed by atoms with Crippen molar-refractivity contribution in [3.63, 3.8) is 0 Å². The molecule has 0 aliphatic carbocycles. The molecule has 0 saturated heterocycles. The molecular weight excluding hydrogens is 457 g/mol. The molecule has 1 aromatic heterocycles. The lowest BCUT2D eigenvalue weighted by Gasteiger charge is -2.08. The van der Waals surface area contributed by atoms with Crippen molar-refractivity contribution < 1.29 is 17.6 Å². The van der Waals surface area contributed by atoms with Gasteiger partial charge in [-0.1, -0.05) is 41.9 Å². The van der Waals surface area contributed by atoms with Crippen LogP contribution in [-0.4, -0.2) is 25.4 Å². The second kappa shape index (κ2) is 8.34. The van der Waals surface area contributed by atoms with E-state index in [0.717, 1.165) is 17.6 Å². The number of carbonyl (C=O) groups excluding carboxylic acids is 1. The van der Waals surface area contributed by atoms with E-state index in [1.54, 1.807) is 54.6 Å². The van der Waals surface area contributed by atoms with Crippen LogP contribution in [0.1, 0.15) is 15.4 Å². The first-order valence-electron chi connectivity index (χ1n) is 9.10. The normalized spacial score (nSPS) is 11.5. The Bertz CT molecular complexity index is 1380. The van der Waals surface area contributed by atoms with E-state index in [-0.39, 0.29) is 15.7 Å². The Kier molecular flexibility index (Phi) is 5.75. The van der Waals surface area contributed by atoms with Gasteiger partial charge >= 0.3 is 0 Å². The fourth-order valence-corrected chi connectivity index (χ4v) is 5.17. The second-order valence-corrected chi connectivity index (χ2v) is 10.2. The van der Waals surface area contributed by atoms with Crippen LogP contribution in [0.25, 0.3) is 21.7 Å². The van der Waals surface area contributed by atoms with Crippen molar-refractivity contribution in [3.8, 4) is 21.7 Å². The molecule has 0 bridgehead atoms. The molecule has 0 radical (unpaired) electrons. The summed E-state index contributed by atoms with van der Waals surface area (Å²) in [6.45, 7) is 0. The Morgan fingerprint density at radius 1 is 0.968 bits per heavy atom. The zero-order valence-corrected chi connectivity index (χ0v) is 18.6. The minimum atomic E-state index is -3.55. The fourth-order valence-electron chi connectivity index (χ4n) is 3.11. The fraction of sp³-hybridized carbons (Fsp3) is 0.0435. The van der Waals surface area contributed by atoms with Gasteiger partial charge in [0.15, 0.2) is 14.8 Å². The largest absolute Gasteiger partial charge is 0.286 e. The molecule has 0 fully saturated rings. The number of hydrogen-bond donors (Lipinski definition) is 0. The number of carbonyl (C=O) groups is 1. The summed E-state index contributed by atoms with van der Waals surface area (Å²) in [4.78, 5) is 18.3. The number of aromatic nitrogens is 1. The van der Waals surface area contributed by atoms with Crippen LogP contribution in [0.3, 0.4) is 0 Å². The van der Waals surface area contributed by atoms with Gasteiger partial charge in [0.2, 0.25) is 5.78 Å². The topological polar surface area (TPSA) is 64.1 Å². The third-order valence-electron chi connectivity index (χ3n) is 4.58. The third kappa shape index (κ3) is 4.44. The number of sulfone groups is 1. The highest BCUT2D eigenvalue weighted by molar-refractivity contribution is 7.90. The van der Waals surface area contributed by atoms with Crippen molar-refractivity contribution in [1.82, 2.24) is 4.98 Å². The first-order chi connectivity index (χ1) is 14.7. The standard InChI is InChI=1S/C23H15ClFNO3S2/c1-31(28,29)19-5-3-2-4-18(19)20-22(15-8-12-17(25)13-9-15)30-23(26-20)21(27)14-6-10-16(24)11-7-14/h2-13H,1H3. The average Bonchev–Trinajstić information content (AvgIpc) is 3.19. The molecule has 1 heterocycles. The van der Waals surface area contributed by atoms with Crippen molar-refractivity contribution >= 4 is 38.6 Å². The maximum absolute atomic E-state index is 13.5. The number of thiazole rings is 1. The quantitative estimate of drug-likeness (QED) is 0.340. The van der Waals surface area contributed by atoms with Crippen LogP contribution in [0, 0.1) is 5.82 Å². The monoisotopic (exact) mass is 471 g/mol. The molecule has 31 heavy (non-hydrogen) atoms. The zero-order valence-electron chi connectivity index (χ0n) is 16.2. The van der Waals surface area contributed by atoms with E-state index in [4.69, 9.17) is 11.6 Å². The Balaban J connectivity index is 1.93. The molecule has 4 aromatic rings. The van der Waals surface area contributed by atoms with Crippen LogP contribution in [0.5, 0.6) is 0 Å². The van der Waals surface area contributed by atoms with E-state index in [9.17, 15) is 17.6 Å². The molecule has 0 amide bonds. The first kappa shape index (κ1) is 21.4. The van der Waals surface area contributed by atoms with Gasteiger partial charge in [0.25, 0.3) is 0 Å². The van der Waals surface area contributed by atoms with Crippen molar-refractivity contribution in [1.29, 1.82) is 0 Å². The Morgan fingerprint density at radius 3 is 2.26 bits per heavy atom. The van der Waals surface area contributed by atoms with Crippen molar-refractivity contribution in [2.45, 2.75) is 4.90 Å². The number of rotatable bonds is 5. The molecule has 8 heteroatoms. The molecule has 4 nitrogen and oxygen atoms in total. The van der Waals surface area contributed by atoms with Gasteiger partial charge in [-0.3, -0.25) is 4.79 Å². The molecule has 0 atom stereocenters. The van der Waals surface area contributed by atoms with Crippen LogP contribution in [0.15, 0.2) is 77.7 Å². The molecular formula is C23H15ClFNO3S2. The van der Waals surface area contributed by atoms with Crippen molar-refractivity contribution in [2.24, 2.45) is 0 Å². The van der Waals surface area contributed by atoms with Crippen LogP contribution in [0.2, 0.25) is 5.02 Å². The average molecular weight is 472 g/mol. The molecule has 0 aliphatic rings. The van der Waals surface area contributed by atoms with Crippen LogP contribution in [-0.2, 0) is 9.84 Å². The molecule has 3 aromatic carbocycles. The van der Waals surface area contributed by atoms with Gasteiger partial charge in [0.1, 0.15) is 5.82 Å². The lowest BCUT2D eigenvalue weighted by molar-refractivity contribution is 0.103. The van der Waals surface area contributed by atoms with Crippen LogP contribution in [0.4, 0.5) is 4.39 Å². The summed E-state index contributed by atoms with van der Waals surface area (Å²) in [5.74, 6) is -0.711. The lowest BCUT2D eigenvalue weighted by Crippen LogP contribution is -2.02. The van der Waals surface area contributed by atoms with Gasteiger partial charge in [0.05, 0.1) is 15.5 Å². The van der Waals surface area contributed by atoms with Crippen LogP contribution >= 0.6 is 22.9 Å². The summed E-state index contributed by atoms with van der Waals surface area (Å²) >= 11 is 7.04. The van der Waals surface area contributed by atoms with Crippen molar-refractivity contribution in [2.75, 3.05) is 6.26 Å². The number of hydrogen-bond acceptors (Lipinski definition) is 5. The van der Waals surface area contributed by atoms with E-state index in [0.29, 0.717) is 32.3 Å². The van der Waals surface area contributed by atoms with E-state index in [2.05, 4.69) is 4.98 Å². The predicted molar refractivity (Wildman–Crippen MR) is 121 cm³/mol. The zero-order chi connectivity index (χ0) is 22.2. The maximum atomic E-state index is 13.5.